The zero-order valence-electron chi connectivity index (χ0n) is 12.2. The van der Waals surface area contributed by atoms with Crippen molar-refractivity contribution >= 4 is 17.3 Å². The van der Waals surface area contributed by atoms with Gasteiger partial charge in [0.05, 0.1) is 0 Å². The summed E-state index contributed by atoms with van der Waals surface area (Å²) < 4.78 is 0. The Hall–Kier alpha value is -1.55. The second-order valence-corrected chi connectivity index (χ2v) is 5.03. The van der Waals surface area contributed by atoms with Crippen LogP contribution in [0.5, 0.6) is 0 Å². The molecule has 1 rings (SSSR count). The van der Waals surface area contributed by atoms with Crippen LogP contribution in [-0.2, 0) is 4.79 Å². The van der Waals surface area contributed by atoms with Gasteiger partial charge in [-0.15, -0.1) is 0 Å². The van der Waals surface area contributed by atoms with Crippen molar-refractivity contribution in [2.24, 2.45) is 0 Å². The topological polar surface area (TPSA) is 58.4 Å². The highest BCUT2D eigenvalue weighted by Crippen LogP contribution is 2.18. The Bertz CT molecular complexity index is 418. The molecule has 0 saturated carbocycles. The highest BCUT2D eigenvalue weighted by Gasteiger charge is 2.06. The van der Waals surface area contributed by atoms with Crippen LogP contribution in [0, 0.1) is 6.92 Å². The fourth-order valence-electron chi connectivity index (χ4n) is 1.82. The number of hydrogen-bond donors (Lipinski definition) is 2. The number of aryl methyl sites for hydroxylation is 1. The molecule has 1 aromatic rings. The number of rotatable bonds is 7. The number of benzene rings is 1. The molecule has 3 N–H and O–H groups in total. The predicted octanol–water partition coefficient (Wildman–Crippen LogP) is 2.64. The number of carbonyl (C=O) groups is 1. The van der Waals surface area contributed by atoms with Gasteiger partial charge in [0, 0.05) is 24.3 Å². The van der Waals surface area contributed by atoms with Crippen LogP contribution in [0.25, 0.3) is 0 Å². The first-order valence-electron chi connectivity index (χ1n) is 6.87. The van der Waals surface area contributed by atoms with Crippen LogP contribution in [-0.4, -0.2) is 30.9 Å². The quantitative estimate of drug-likeness (QED) is 0.743. The van der Waals surface area contributed by atoms with E-state index in [9.17, 15) is 4.79 Å². The second-order valence-electron chi connectivity index (χ2n) is 5.03. The Labute approximate surface area is 116 Å². The molecule has 0 aliphatic heterocycles. The van der Waals surface area contributed by atoms with Gasteiger partial charge in [-0.2, -0.15) is 0 Å². The monoisotopic (exact) mass is 263 g/mol. The van der Waals surface area contributed by atoms with Gasteiger partial charge in [0.25, 0.3) is 0 Å². The maximum absolute atomic E-state index is 11.9. The summed E-state index contributed by atoms with van der Waals surface area (Å²) in [5, 5.41) is 2.92. The zero-order valence-corrected chi connectivity index (χ0v) is 12.2. The maximum atomic E-state index is 11.9. The number of nitrogens with two attached hydrogens (primary N) is 1. The molecule has 0 fully saturated rings. The fourth-order valence-corrected chi connectivity index (χ4v) is 1.82. The summed E-state index contributed by atoms with van der Waals surface area (Å²) in [7, 11) is 2.05. The smallest absolute Gasteiger partial charge is 0.225 e. The average molecular weight is 263 g/mol. The van der Waals surface area contributed by atoms with Gasteiger partial charge in [-0.3, -0.25) is 4.79 Å². The van der Waals surface area contributed by atoms with Crippen molar-refractivity contribution in [1.29, 1.82) is 0 Å². The van der Waals surface area contributed by atoms with E-state index in [0.29, 0.717) is 12.1 Å². The SMILES string of the molecule is CCCCN(C)CCC(=O)Nc1cc(N)ccc1C. The molecule has 0 radical (unpaired) electrons. The second kappa shape index (κ2) is 7.79. The minimum Gasteiger partial charge on any atom is -0.399 e. The third-order valence-corrected chi connectivity index (χ3v) is 3.15. The number of unbranched alkanes of at least 4 members (excludes halogenated alkanes) is 1. The standard InChI is InChI=1S/C15H25N3O/c1-4-5-9-18(3)10-8-15(19)17-14-11-13(16)7-6-12(14)2/h6-7,11H,4-5,8-10,16H2,1-3H3,(H,17,19). The summed E-state index contributed by atoms with van der Waals surface area (Å²) in [5.41, 5.74) is 8.22. The largest absolute Gasteiger partial charge is 0.399 e. The third kappa shape index (κ3) is 5.75. The molecule has 0 bridgehead atoms. The van der Waals surface area contributed by atoms with Crippen molar-refractivity contribution in [3.05, 3.63) is 23.8 Å². The Kier molecular flexibility index (Phi) is 6.36. The Morgan fingerprint density at radius 1 is 1.37 bits per heavy atom. The molecule has 1 aromatic carbocycles. The summed E-state index contributed by atoms with van der Waals surface area (Å²) in [6.07, 6.45) is 2.86. The fraction of sp³-hybridized carbons (Fsp3) is 0.533. The highest BCUT2D eigenvalue weighted by atomic mass is 16.1. The van der Waals surface area contributed by atoms with Crippen molar-refractivity contribution in [3.8, 4) is 0 Å². The van der Waals surface area contributed by atoms with Crippen LogP contribution in [0.3, 0.4) is 0 Å². The van der Waals surface area contributed by atoms with Crippen LogP contribution < -0.4 is 11.1 Å². The van der Waals surface area contributed by atoms with E-state index in [2.05, 4.69) is 24.2 Å². The van der Waals surface area contributed by atoms with Crippen LogP contribution >= 0.6 is 0 Å². The Morgan fingerprint density at radius 2 is 2.11 bits per heavy atom. The average Bonchev–Trinajstić information content (AvgIpc) is 2.38. The first-order chi connectivity index (χ1) is 9.02. The predicted molar refractivity (Wildman–Crippen MR) is 81.2 cm³/mol. The summed E-state index contributed by atoms with van der Waals surface area (Å²) in [5.74, 6) is 0.0389. The summed E-state index contributed by atoms with van der Waals surface area (Å²) in [6, 6.07) is 5.55. The highest BCUT2D eigenvalue weighted by molar-refractivity contribution is 5.92. The van der Waals surface area contributed by atoms with Gasteiger partial charge in [0.1, 0.15) is 0 Å². The molecule has 0 heterocycles. The number of anilines is 2. The minimum absolute atomic E-state index is 0.0389. The first-order valence-corrected chi connectivity index (χ1v) is 6.87. The molecule has 0 aromatic heterocycles. The van der Waals surface area contributed by atoms with Crippen molar-refractivity contribution in [3.63, 3.8) is 0 Å². The lowest BCUT2D eigenvalue weighted by Crippen LogP contribution is -2.25. The molecule has 0 aliphatic rings. The normalized spacial score (nSPS) is 10.7. The van der Waals surface area contributed by atoms with E-state index in [4.69, 9.17) is 5.73 Å². The van der Waals surface area contributed by atoms with Gasteiger partial charge < -0.3 is 16.0 Å². The molecule has 0 spiro atoms. The molecule has 19 heavy (non-hydrogen) atoms. The van der Waals surface area contributed by atoms with Gasteiger partial charge in [0.2, 0.25) is 5.91 Å². The van der Waals surface area contributed by atoms with Gasteiger partial charge in [0.15, 0.2) is 0 Å². The van der Waals surface area contributed by atoms with E-state index in [-0.39, 0.29) is 5.91 Å². The summed E-state index contributed by atoms with van der Waals surface area (Å²) in [6.45, 7) is 5.96. The van der Waals surface area contributed by atoms with E-state index in [1.165, 1.54) is 12.8 Å². The molecule has 0 unspecified atom stereocenters. The van der Waals surface area contributed by atoms with Crippen molar-refractivity contribution in [1.82, 2.24) is 4.90 Å². The molecule has 1 amide bonds. The lowest BCUT2D eigenvalue weighted by Gasteiger charge is -2.16. The van der Waals surface area contributed by atoms with E-state index < -0.39 is 0 Å². The van der Waals surface area contributed by atoms with Crippen LogP contribution in [0.4, 0.5) is 11.4 Å². The van der Waals surface area contributed by atoms with Gasteiger partial charge in [-0.25, -0.2) is 0 Å². The molecule has 4 nitrogen and oxygen atoms in total. The van der Waals surface area contributed by atoms with E-state index >= 15 is 0 Å². The number of carbonyl (C=O) groups excluding carboxylic acids is 1. The number of nitrogens with one attached hydrogen (secondary N) is 1. The van der Waals surface area contributed by atoms with E-state index in [1.807, 2.05) is 19.1 Å². The maximum Gasteiger partial charge on any atom is 0.225 e. The molecule has 0 aliphatic carbocycles. The van der Waals surface area contributed by atoms with Crippen molar-refractivity contribution in [2.45, 2.75) is 33.1 Å². The number of amides is 1. The third-order valence-electron chi connectivity index (χ3n) is 3.15. The zero-order chi connectivity index (χ0) is 14.3. The van der Waals surface area contributed by atoms with E-state index in [0.717, 1.165) is 24.3 Å². The van der Waals surface area contributed by atoms with Crippen molar-refractivity contribution in [2.75, 3.05) is 31.2 Å². The minimum atomic E-state index is 0.0389. The van der Waals surface area contributed by atoms with Gasteiger partial charge in [-0.1, -0.05) is 19.4 Å². The van der Waals surface area contributed by atoms with E-state index in [1.54, 1.807) is 6.07 Å². The summed E-state index contributed by atoms with van der Waals surface area (Å²) in [4.78, 5) is 14.1. The number of nitrogen functional groups attached to an aromatic ring is 1. The van der Waals surface area contributed by atoms with Crippen LogP contribution in [0.15, 0.2) is 18.2 Å². The first kappa shape index (κ1) is 15.5. The lowest BCUT2D eigenvalue weighted by molar-refractivity contribution is -0.116. The Morgan fingerprint density at radius 3 is 2.79 bits per heavy atom. The van der Waals surface area contributed by atoms with Crippen LogP contribution in [0.1, 0.15) is 31.7 Å². The molecule has 106 valence electrons. The number of nitrogens with zero attached hydrogens (tertiary/aromatic N) is 1. The van der Waals surface area contributed by atoms with Gasteiger partial charge >= 0.3 is 0 Å². The van der Waals surface area contributed by atoms with Gasteiger partial charge in [-0.05, 0) is 44.6 Å². The lowest BCUT2D eigenvalue weighted by atomic mass is 10.2. The van der Waals surface area contributed by atoms with Crippen molar-refractivity contribution < 1.29 is 4.79 Å². The summed E-state index contributed by atoms with van der Waals surface area (Å²) >= 11 is 0. The molecular formula is C15H25N3O. The number of hydrogen-bond acceptors (Lipinski definition) is 3. The molecule has 0 saturated heterocycles. The van der Waals surface area contributed by atoms with Crippen LogP contribution in [0.2, 0.25) is 0 Å². The molecular weight excluding hydrogens is 238 g/mol. The Balaban J connectivity index is 2.40. The molecule has 0 atom stereocenters. The molecule has 4 heteroatoms.